The van der Waals surface area contributed by atoms with Crippen LogP contribution in [0.2, 0.25) is 0 Å². The van der Waals surface area contributed by atoms with Crippen molar-refractivity contribution in [1.29, 1.82) is 0 Å². The molecule has 14 heavy (non-hydrogen) atoms. The molecule has 1 fully saturated rings. The quantitative estimate of drug-likeness (QED) is 0.429. The van der Waals surface area contributed by atoms with Crippen LogP contribution in [0.1, 0.15) is 65.2 Å². The molecule has 1 aliphatic carbocycles. The van der Waals surface area contributed by atoms with Gasteiger partial charge in [-0.3, -0.25) is 0 Å². The smallest absolute Gasteiger partial charge is 0.0234 e. The molecule has 0 nitrogen and oxygen atoms in total. The number of unbranched alkanes of at least 4 members (excludes halogenated alkanes) is 2. The topological polar surface area (TPSA) is 0 Å². The van der Waals surface area contributed by atoms with E-state index in [1.807, 2.05) is 0 Å². The molecule has 1 unspecified atom stereocenters. The van der Waals surface area contributed by atoms with Gasteiger partial charge in [0.1, 0.15) is 0 Å². The average molecular weight is 194 g/mol. The zero-order chi connectivity index (χ0) is 10.2. The molecular formula is C14H26. The van der Waals surface area contributed by atoms with Crippen LogP contribution in [0.25, 0.3) is 0 Å². The van der Waals surface area contributed by atoms with E-state index in [1.54, 1.807) is 0 Å². The fraction of sp³-hybridized carbons (Fsp3) is 0.857. The zero-order valence-electron chi connectivity index (χ0n) is 9.97. The first-order chi connectivity index (χ1) is 6.84. The summed E-state index contributed by atoms with van der Waals surface area (Å²) < 4.78 is 0. The Kier molecular flexibility index (Phi) is 5.98. The van der Waals surface area contributed by atoms with Crippen LogP contribution in [0.4, 0.5) is 0 Å². The Morgan fingerprint density at radius 3 is 2.57 bits per heavy atom. The van der Waals surface area contributed by atoms with Crippen molar-refractivity contribution < 1.29 is 0 Å². The first kappa shape index (κ1) is 11.8. The van der Waals surface area contributed by atoms with E-state index >= 15 is 0 Å². The van der Waals surface area contributed by atoms with Gasteiger partial charge in [0.25, 0.3) is 0 Å². The summed E-state index contributed by atoms with van der Waals surface area (Å²) in [5.74, 6) is 1.81. The molecule has 1 aliphatic rings. The molecule has 1 saturated carbocycles. The predicted octanol–water partition coefficient (Wildman–Crippen LogP) is 4.95. The molecule has 0 N–H and O–H groups in total. The van der Waals surface area contributed by atoms with Gasteiger partial charge in [0, 0.05) is 0 Å². The van der Waals surface area contributed by atoms with Crippen LogP contribution < -0.4 is 0 Å². The minimum Gasteiger partial charge on any atom is -0.0883 e. The first-order valence-corrected chi connectivity index (χ1v) is 6.51. The summed E-state index contributed by atoms with van der Waals surface area (Å²) in [6, 6.07) is 0. The van der Waals surface area contributed by atoms with E-state index in [0.29, 0.717) is 0 Å². The van der Waals surface area contributed by atoms with Gasteiger partial charge in [0.15, 0.2) is 0 Å². The van der Waals surface area contributed by atoms with Crippen molar-refractivity contribution in [3.8, 4) is 0 Å². The van der Waals surface area contributed by atoms with Crippen LogP contribution in [0.15, 0.2) is 12.2 Å². The molecular weight excluding hydrogens is 168 g/mol. The lowest BCUT2D eigenvalue weighted by atomic mass is 9.81. The van der Waals surface area contributed by atoms with Gasteiger partial charge in [-0.25, -0.2) is 0 Å². The Labute approximate surface area is 89.8 Å². The van der Waals surface area contributed by atoms with Gasteiger partial charge < -0.3 is 0 Å². The fourth-order valence-corrected chi connectivity index (χ4v) is 2.45. The second kappa shape index (κ2) is 7.09. The minimum atomic E-state index is 0.826. The monoisotopic (exact) mass is 194 g/mol. The standard InChI is InChI=1S/C14H26/c1-3-4-5-7-10-13(2)14-11-8-6-9-12-14/h7,10,13-14H,3-6,8-9,11-12H2,1-2H3/b10-7+. The Bertz CT molecular complexity index is 151. The third kappa shape index (κ3) is 4.30. The lowest BCUT2D eigenvalue weighted by Gasteiger charge is -2.25. The van der Waals surface area contributed by atoms with Crippen LogP contribution in [0.3, 0.4) is 0 Å². The molecule has 0 saturated heterocycles. The second-order valence-corrected chi connectivity index (χ2v) is 4.83. The van der Waals surface area contributed by atoms with Crippen molar-refractivity contribution >= 4 is 0 Å². The first-order valence-electron chi connectivity index (χ1n) is 6.51. The van der Waals surface area contributed by atoms with Gasteiger partial charge in [0.05, 0.1) is 0 Å². The van der Waals surface area contributed by atoms with Crippen molar-refractivity contribution in [2.45, 2.75) is 65.2 Å². The Balaban J connectivity index is 2.18. The highest BCUT2D eigenvalue weighted by molar-refractivity contribution is 4.90. The normalized spacial score (nSPS) is 21.6. The molecule has 0 aromatic rings. The highest BCUT2D eigenvalue weighted by Gasteiger charge is 2.17. The van der Waals surface area contributed by atoms with Gasteiger partial charge in [0.2, 0.25) is 0 Å². The van der Waals surface area contributed by atoms with Crippen LogP contribution in [-0.4, -0.2) is 0 Å². The lowest BCUT2D eigenvalue weighted by Crippen LogP contribution is -2.13. The lowest BCUT2D eigenvalue weighted by molar-refractivity contribution is 0.299. The fourth-order valence-electron chi connectivity index (χ4n) is 2.45. The minimum absolute atomic E-state index is 0.826. The molecule has 0 aliphatic heterocycles. The molecule has 0 heteroatoms. The molecule has 0 radical (unpaired) electrons. The van der Waals surface area contributed by atoms with Crippen molar-refractivity contribution in [1.82, 2.24) is 0 Å². The molecule has 0 aromatic heterocycles. The highest BCUT2D eigenvalue weighted by atomic mass is 14.2. The van der Waals surface area contributed by atoms with Crippen LogP contribution in [0.5, 0.6) is 0 Å². The Hall–Kier alpha value is -0.260. The van der Waals surface area contributed by atoms with E-state index in [2.05, 4.69) is 26.0 Å². The number of rotatable bonds is 5. The van der Waals surface area contributed by atoms with E-state index in [9.17, 15) is 0 Å². The van der Waals surface area contributed by atoms with Crippen molar-refractivity contribution in [3.63, 3.8) is 0 Å². The third-order valence-electron chi connectivity index (χ3n) is 3.56. The van der Waals surface area contributed by atoms with E-state index in [1.165, 1.54) is 51.4 Å². The Morgan fingerprint density at radius 2 is 1.93 bits per heavy atom. The summed E-state index contributed by atoms with van der Waals surface area (Å²) in [6.45, 7) is 4.66. The molecule has 0 amide bonds. The highest BCUT2D eigenvalue weighted by Crippen LogP contribution is 2.30. The summed E-state index contributed by atoms with van der Waals surface area (Å²) in [6.07, 6.45) is 16.2. The number of hydrogen-bond acceptors (Lipinski definition) is 0. The van der Waals surface area contributed by atoms with E-state index in [-0.39, 0.29) is 0 Å². The van der Waals surface area contributed by atoms with Gasteiger partial charge >= 0.3 is 0 Å². The summed E-state index contributed by atoms with van der Waals surface area (Å²) >= 11 is 0. The van der Waals surface area contributed by atoms with Gasteiger partial charge in [-0.2, -0.15) is 0 Å². The van der Waals surface area contributed by atoms with Crippen LogP contribution in [0, 0.1) is 11.8 Å². The predicted molar refractivity (Wildman–Crippen MR) is 64.4 cm³/mol. The molecule has 1 atom stereocenters. The van der Waals surface area contributed by atoms with E-state index in [4.69, 9.17) is 0 Å². The van der Waals surface area contributed by atoms with E-state index in [0.717, 1.165) is 11.8 Å². The van der Waals surface area contributed by atoms with Gasteiger partial charge in [-0.15, -0.1) is 0 Å². The molecule has 0 aromatic carbocycles. The van der Waals surface area contributed by atoms with Crippen molar-refractivity contribution in [2.24, 2.45) is 11.8 Å². The molecule has 0 heterocycles. The SMILES string of the molecule is CCCC/C=C/C(C)C1CCCCC1. The molecule has 82 valence electrons. The van der Waals surface area contributed by atoms with Crippen LogP contribution >= 0.6 is 0 Å². The van der Waals surface area contributed by atoms with Gasteiger partial charge in [-0.1, -0.05) is 58.1 Å². The number of hydrogen-bond donors (Lipinski definition) is 0. The van der Waals surface area contributed by atoms with E-state index < -0.39 is 0 Å². The zero-order valence-corrected chi connectivity index (χ0v) is 9.97. The summed E-state index contributed by atoms with van der Waals surface area (Å²) in [5, 5.41) is 0. The van der Waals surface area contributed by atoms with Gasteiger partial charge in [-0.05, 0) is 31.1 Å². The maximum absolute atomic E-state index is 2.46. The van der Waals surface area contributed by atoms with Crippen molar-refractivity contribution in [3.05, 3.63) is 12.2 Å². The molecule has 1 rings (SSSR count). The maximum atomic E-state index is 2.46. The Morgan fingerprint density at radius 1 is 1.21 bits per heavy atom. The van der Waals surface area contributed by atoms with Crippen molar-refractivity contribution in [2.75, 3.05) is 0 Å². The number of allylic oxidation sites excluding steroid dienone is 2. The maximum Gasteiger partial charge on any atom is -0.0234 e. The second-order valence-electron chi connectivity index (χ2n) is 4.83. The largest absolute Gasteiger partial charge is 0.0883 e. The summed E-state index contributed by atoms with van der Waals surface area (Å²) in [4.78, 5) is 0. The summed E-state index contributed by atoms with van der Waals surface area (Å²) in [5.41, 5.74) is 0. The average Bonchev–Trinajstić information content (AvgIpc) is 2.25. The van der Waals surface area contributed by atoms with Crippen LogP contribution in [-0.2, 0) is 0 Å². The third-order valence-corrected chi connectivity index (χ3v) is 3.56. The molecule has 0 bridgehead atoms. The summed E-state index contributed by atoms with van der Waals surface area (Å²) in [7, 11) is 0. The molecule has 0 spiro atoms.